The second-order valence-electron chi connectivity index (χ2n) is 6.96. The molecule has 1 saturated carbocycles. The highest BCUT2D eigenvalue weighted by Crippen LogP contribution is 2.50. The molecule has 2 aromatic carbocycles. The second-order valence-corrected chi connectivity index (χ2v) is 7.40. The van der Waals surface area contributed by atoms with Crippen molar-refractivity contribution in [2.75, 3.05) is 13.1 Å². The molecule has 2 aromatic rings. The van der Waals surface area contributed by atoms with Crippen LogP contribution in [0.15, 0.2) is 54.6 Å². The maximum Gasteiger partial charge on any atom is 0.233 e. The minimum atomic E-state index is -0.938. The fourth-order valence-corrected chi connectivity index (χ4v) is 3.90. The minimum absolute atomic E-state index is 0.136. The lowest BCUT2D eigenvalue weighted by Gasteiger charge is -2.26. The van der Waals surface area contributed by atoms with Gasteiger partial charge in [-0.3, -0.25) is 4.79 Å². The topological polar surface area (TPSA) is 40.5 Å². The van der Waals surface area contributed by atoms with Crippen molar-refractivity contribution in [1.82, 2.24) is 4.90 Å². The molecule has 2 fully saturated rings. The number of hydrogen-bond donors (Lipinski definition) is 1. The SMILES string of the molecule is O=C(N1CCC(O)(c2ccccc2)C1)C1(c2ccc(Cl)cc2)CC1. The summed E-state index contributed by atoms with van der Waals surface area (Å²) in [5.41, 5.74) is 0.572. The first kappa shape index (κ1) is 15.7. The summed E-state index contributed by atoms with van der Waals surface area (Å²) >= 11 is 5.97. The largest absolute Gasteiger partial charge is 0.383 e. The molecule has 1 saturated heterocycles. The van der Waals surface area contributed by atoms with Gasteiger partial charge in [0.15, 0.2) is 0 Å². The number of hydrogen-bond acceptors (Lipinski definition) is 2. The van der Waals surface area contributed by atoms with Gasteiger partial charge >= 0.3 is 0 Å². The number of amides is 1. The van der Waals surface area contributed by atoms with Crippen molar-refractivity contribution in [3.8, 4) is 0 Å². The van der Waals surface area contributed by atoms with Crippen LogP contribution in [0.1, 0.15) is 30.4 Å². The van der Waals surface area contributed by atoms with Crippen molar-refractivity contribution in [2.45, 2.75) is 30.3 Å². The Kier molecular flexibility index (Phi) is 3.66. The van der Waals surface area contributed by atoms with Crippen LogP contribution in [0, 0.1) is 0 Å². The van der Waals surface area contributed by atoms with Crippen molar-refractivity contribution in [1.29, 1.82) is 0 Å². The van der Waals surface area contributed by atoms with Crippen LogP contribution in [0.3, 0.4) is 0 Å². The predicted molar refractivity (Wildman–Crippen MR) is 93.9 cm³/mol. The third kappa shape index (κ3) is 2.52. The number of carbonyl (C=O) groups excluding carboxylic acids is 1. The Hall–Kier alpha value is -1.84. The second kappa shape index (κ2) is 5.61. The molecule has 1 amide bonds. The van der Waals surface area contributed by atoms with Crippen LogP contribution in [0.4, 0.5) is 0 Å². The number of aliphatic hydroxyl groups is 1. The molecule has 3 nitrogen and oxygen atoms in total. The Balaban J connectivity index is 1.55. The summed E-state index contributed by atoms with van der Waals surface area (Å²) in [6.07, 6.45) is 2.32. The molecule has 1 unspecified atom stereocenters. The highest BCUT2D eigenvalue weighted by Gasteiger charge is 2.55. The minimum Gasteiger partial charge on any atom is -0.383 e. The van der Waals surface area contributed by atoms with Gasteiger partial charge in [0.05, 0.1) is 12.0 Å². The van der Waals surface area contributed by atoms with Gasteiger partial charge in [-0.25, -0.2) is 0 Å². The number of likely N-dealkylation sites (tertiary alicyclic amines) is 1. The zero-order chi connectivity index (χ0) is 16.8. The fraction of sp³-hybridized carbons (Fsp3) is 0.350. The molecule has 1 aliphatic heterocycles. The zero-order valence-corrected chi connectivity index (χ0v) is 14.2. The van der Waals surface area contributed by atoms with Crippen LogP contribution in [0.2, 0.25) is 5.02 Å². The highest BCUT2D eigenvalue weighted by atomic mass is 35.5. The van der Waals surface area contributed by atoms with Gasteiger partial charge in [0.2, 0.25) is 5.91 Å². The summed E-state index contributed by atoms with van der Waals surface area (Å²) in [5.74, 6) is 0.136. The van der Waals surface area contributed by atoms with E-state index < -0.39 is 11.0 Å². The third-order valence-electron chi connectivity index (χ3n) is 5.40. The first-order chi connectivity index (χ1) is 11.5. The van der Waals surface area contributed by atoms with E-state index >= 15 is 0 Å². The van der Waals surface area contributed by atoms with Gasteiger partial charge in [-0.1, -0.05) is 54.1 Å². The van der Waals surface area contributed by atoms with E-state index in [4.69, 9.17) is 11.6 Å². The summed E-state index contributed by atoms with van der Waals surface area (Å²) in [4.78, 5) is 14.9. The lowest BCUT2D eigenvalue weighted by Crippen LogP contribution is -2.40. The first-order valence-corrected chi connectivity index (χ1v) is 8.75. The van der Waals surface area contributed by atoms with Crippen LogP contribution in [0.5, 0.6) is 0 Å². The van der Waals surface area contributed by atoms with Crippen molar-refractivity contribution >= 4 is 17.5 Å². The molecule has 4 rings (SSSR count). The quantitative estimate of drug-likeness (QED) is 0.928. The number of carbonyl (C=O) groups is 1. The molecule has 0 aromatic heterocycles. The van der Waals surface area contributed by atoms with Gasteiger partial charge < -0.3 is 10.0 Å². The molecule has 1 aliphatic carbocycles. The predicted octanol–water partition coefficient (Wildman–Crippen LogP) is 3.49. The van der Waals surface area contributed by atoms with E-state index in [-0.39, 0.29) is 5.91 Å². The molecule has 1 heterocycles. The van der Waals surface area contributed by atoms with Gasteiger partial charge in [-0.05, 0) is 42.5 Å². The summed E-state index contributed by atoms with van der Waals surface area (Å²) in [5, 5.41) is 11.6. The Morgan fingerprint density at radius 1 is 0.958 bits per heavy atom. The van der Waals surface area contributed by atoms with E-state index in [1.807, 2.05) is 59.5 Å². The maximum atomic E-state index is 13.1. The number of β-amino-alcohol motifs (C(OH)–C–C–N with tert-alkyl or cyclic N) is 1. The van der Waals surface area contributed by atoms with E-state index in [9.17, 15) is 9.90 Å². The standard InChI is InChI=1S/C20H20ClNO2/c21-17-8-6-15(7-9-17)19(10-11-19)18(23)22-13-12-20(24,14-22)16-4-2-1-3-5-16/h1-9,24H,10-14H2. The van der Waals surface area contributed by atoms with Crippen molar-refractivity contribution in [3.63, 3.8) is 0 Å². The van der Waals surface area contributed by atoms with Gasteiger partial charge in [-0.15, -0.1) is 0 Å². The molecule has 0 radical (unpaired) electrons. The molecule has 1 N–H and O–H groups in total. The monoisotopic (exact) mass is 341 g/mol. The molecule has 24 heavy (non-hydrogen) atoms. The highest BCUT2D eigenvalue weighted by molar-refractivity contribution is 6.30. The molecule has 0 spiro atoms. The maximum absolute atomic E-state index is 13.1. The van der Waals surface area contributed by atoms with Crippen LogP contribution >= 0.6 is 11.6 Å². The number of nitrogens with zero attached hydrogens (tertiary/aromatic N) is 1. The van der Waals surface area contributed by atoms with E-state index in [1.54, 1.807) is 0 Å². The van der Waals surface area contributed by atoms with Gasteiger partial charge in [-0.2, -0.15) is 0 Å². The summed E-state index contributed by atoms with van der Waals surface area (Å²) in [6, 6.07) is 17.2. The third-order valence-corrected chi connectivity index (χ3v) is 5.65. The Morgan fingerprint density at radius 2 is 1.62 bits per heavy atom. The van der Waals surface area contributed by atoms with Crippen LogP contribution in [-0.2, 0) is 15.8 Å². The van der Waals surface area contributed by atoms with E-state index in [0.29, 0.717) is 24.5 Å². The van der Waals surface area contributed by atoms with Crippen LogP contribution in [0.25, 0.3) is 0 Å². The zero-order valence-electron chi connectivity index (χ0n) is 13.4. The van der Waals surface area contributed by atoms with Gasteiger partial charge in [0.25, 0.3) is 0 Å². The molecule has 2 aliphatic rings. The Morgan fingerprint density at radius 3 is 2.25 bits per heavy atom. The lowest BCUT2D eigenvalue weighted by molar-refractivity contribution is -0.134. The van der Waals surface area contributed by atoms with E-state index in [1.165, 1.54) is 0 Å². The van der Waals surface area contributed by atoms with Crippen LogP contribution < -0.4 is 0 Å². The molecular weight excluding hydrogens is 322 g/mol. The molecule has 1 atom stereocenters. The van der Waals surface area contributed by atoms with Crippen LogP contribution in [-0.4, -0.2) is 29.0 Å². The summed E-state index contributed by atoms with van der Waals surface area (Å²) in [7, 11) is 0. The fourth-order valence-electron chi connectivity index (χ4n) is 3.77. The Bertz CT molecular complexity index is 755. The molecule has 4 heteroatoms. The number of rotatable bonds is 3. The van der Waals surface area contributed by atoms with Crippen molar-refractivity contribution in [3.05, 3.63) is 70.7 Å². The average molecular weight is 342 g/mol. The summed E-state index contributed by atoms with van der Waals surface area (Å²) in [6.45, 7) is 0.963. The summed E-state index contributed by atoms with van der Waals surface area (Å²) < 4.78 is 0. The van der Waals surface area contributed by atoms with Crippen molar-refractivity contribution in [2.24, 2.45) is 0 Å². The lowest BCUT2D eigenvalue weighted by atomic mass is 9.92. The number of halogens is 1. The van der Waals surface area contributed by atoms with Gasteiger partial charge in [0.1, 0.15) is 5.60 Å². The smallest absolute Gasteiger partial charge is 0.233 e. The molecule has 0 bridgehead atoms. The molecular formula is C20H20ClNO2. The average Bonchev–Trinajstić information content (AvgIpc) is 3.32. The Labute approximate surface area is 146 Å². The van der Waals surface area contributed by atoms with Crippen molar-refractivity contribution < 1.29 is 9.90 Å². The van der Waals surface area contributed by atoms with Gasteiger partial charge in [0, 0.05) is 11.6 Å². The first-order valence-electron chi connectivity index (χ1n) is 8.37. The number of benzene rings is 2. The molecule has 124 valence electrons. The van der Waals surface area contributed by atoms with E-state index in [2.05, 4.69) is 0 Å². The van der Waals surface area contributed by atoms with E-state index in [0.717, 1.165) is 24.0 Å². The normalized spacial score (nSPS) is 24.8.